The Labute approximate surface area is 110 Å². The number of hydrogen-bond acceptors (Lipinski definition) is 5. The minimum atomic E-state index is -1.12. The lowest BCUT2D eigenvalue weighted by atomic mass is 9.98. The highest BCUT2D eigenvalue weighted by Crippen LogP contribution is 2.29. The summed E-state index contributed by atoms with van der Waals surface area (Å²) >= 11 is 0. The summed E-state index contributed by atoms with van der Waals surface area (Å²) in [6.45, 7) is 4.49. The van der Waals surface area contributed by atoms with E-state index in [1.165, 1.54) is 12.1 Å². The Hall–Kier alpha value is -2.31. The SMILES string of the molecule is CC1(C)C(=O)NCCN1c1nc(C(=O)O)ccc1N. The fourth-order valence-corrected chi connectivity index (χ4v) is 2.06. The first-order chi connectivity index (χ1) is 8.84. The van der Waals surface area contributed by atoms with Crippen molar-refractivity contribution < 1.29 is 14.7 Å². The second-order valence-corrected chi connectivity index (χ2v) is 4.88. The number of nitrogens with zero attached hydrogens (tertiary/aromatic N) is 2. The molecule has 2 rings (SSSR count). The molecule has 0 atom stereocenters. The van der Waals surface area contributed by atoms with Crippen LogP contribution in [0.5, 0.6) is 0 Å². The second kappa shape index (κ2) is 4.42. The Morgan fingerprint density at radius 1 is 1.53 bits per heavy atom. The van der Waals surface area contributed by atoms with Crippen molar-refractivity contribution in [1.82, 2.24) is 10.3 Å². The Balaban J connectivity index is 2.48. The zero-order valence-electron chi connectivity index (χ0n) is 10.8. The van der Waals surface area contributed by atoms with Crippen molar-refractivity contribution >= 4 is 23.4 Å². The molecule has 0 unspecified atom stereocenters. The summed E-state index contributed by atoms with van der Waals surface area (Å²) in [6.07, 6.45) is 0. The van der Waals surface area contributed by atoms with Crippen LogP contribution in [0.15, 0.2) is 12.1 Å². The largest absolute Gasteiger partial charge is 0.477 e. The molecule has 0 bridgehead atoms. The summed E-state index contributed by atoms with van der Waals surface area (Å²) in [5.41, 5.74) is 5.30. The minimum Gasteiger partial charge on any atom is -0.477 e. The van der Waals surface area contributed by atoms with Gasteiger partial charge in [0, 0.05) is 13.1 Å². The van der Waals surface area contributed by atoms with E-state index < -0.39 is 11.5 Å². The van der Waals surface area contributed by atoms with E-state index in [0.717, 1.165) is 0 Å². The smallest absolute Gasteiger partial charge is 0.354 e. The van der Waals surface area contributed by atoms with E-state index in [4.69, 9.17) is 10.8 Å². The number of aromatic nitrogens is 1. The van der Waals surface area contributed by atoms with Crippen LogP contribution in [-0.2, 0) is 4.79 Å². The molecule has 1 aliphatic rings. The molecule has 0 spiro atoms. The highest BCUT2D eigenvalue weighted by atomic mass is 16.4. The highest BCUT2D eigenvalue weighted by Gasteiger charge is 2.39. The zero-order chi connectivity index (χ0) is 14.2. The van der Waals surface area contributed by atoms with Crippen LogP contribution >= 0.6 is 0 Å². The first kappa shape index (κ1) is 13.1. The van der Waals surface area contributed by atoms with E-state index in [2.05, 4.69) is 10.3 Å². The average molecular weight is 264 g/mol. The molecule has 1 aromatic rings. The lowest BCUT2D eigenvalue weighted by molar-refractivity contribution is -0.126. The number of amides is 1. The van der Waals surface area contributed by atoms with Crippen molar-refractivity contribution in [3.8, 4) is 0 Å². The summed E-state index contributed by atoms with van der Waals surface area (Å²) in [6, 6.07) is 2.84. The molecule has 7 nitrogen and oxygen atoms in total. The van der Waals surface area contributed by atoms with Crippen LogP contribution in [0.3, 0.4) is 0 Å². The summed E-state index contributed by atoms with van der Waals surface area (Å²) in [7, 11) is 0. The molecule has 19 heavy (non-hydrogen) atoms. The number of pyridine rings is 1. The summed E-state index contributed by atoms with van der Waals surface area (Å²) in [4.78, 5) is 28.6. The van der Waals surface area contributed by atoms with Crippen LogP contribution in [-0.4, -0.2) is 40.6 Å². The molecule has 0 radical (unpaired) electrons. The monoisotopic (exact) mass is 264 g/mol. The van der Waals surface area contributed by atoms with Gasteiger partial charge in [-0.25, -0.2) is 9.78 Å². The molecule has 1 aliphatic heterocycles. The molecule has 1 saturated heterocycles. The van der Waals surface area contributed by atoms with Crippen LogP contribution in [0.1, 0.15) is 24.3 Å². The van der Waals surface area contributed by atoms with Gasteiger partial charge in [0.1, 0.15) is 5.54 Å². The van der Waals surface area contributed by atoms with Gasteiger partial charge in [0.05, 0.1) is 5.69 Å². The number of carboxylic acid groups (broad SMARTS) is 1. The standard InChI is InChI=1S/C12H16N4O3/c1-12(2)11(19)14-5-6-16(12)9-7(13)3-4-8(15-9)10(17)18/h3-4H,5-6,13H2,1-2H3,(H,14,19)(H,17,18). The van der Waals surface area contributed by atoms with Crippen molar-refractivity contribution in [3.05, 3.63) is 17.8 Å². The Bertz CT molecular complexity index is 542. The predicted molar refractivity (Wildman–Crippen MR) is 70.0 cm³/mol. The highest BCUT2D eigenvalue weighted by molar-refractivity contribution is 5.92. The van der Waals surface area contributed by atoms with Crippen LogP contribution in [0.2, 0.25) is 0 Å². The molecule has 0 aliphatic carbocycles. The fourth-order valence-electron chi connectivity index (χ4n) is 2.06. The van der Waals surface area contributed by atoms with Crippen LogP contribution in [0.25, 0.3) is 0 Å². The number of aromatic carboxylic acids is 1. The summed E-state index contributed by atoms with van der Waals surface area (Å²) < 4.78 is 0. The van der Waals surface area contributed by atoms with Gasteiger partial charge in [-0.1, -0.05) is 0 Å². The average Bonchev–Trinajstić information content (AvgIpc) is 2.33. The molecule has 1 aromatic heterocycles. The maximum Gasteiger partial charge on any atom is 0.354 e. The Morgan fingerprint density at radius 3 is 2.84 bits per heavy atom. The number of anilines is 2. The van der Waals surface area contributed by atoms with Crippen molar-refractivity contribution in [1.29, 1.82) is 0 Å². The molecule has 102 valence electrons. The van der Waals surface area contributed by atoms with Gasteiger partial charge in [0.15, 0.2) is 11.5 Å². The third kappa shape index (κ3) is 2.18. The molecular formula is C12H16N4O3. The van der Waals surface area contributed by atoms with E-state index in [1.54, 1.807) is 18.7 Å². The Kier molecular flexibility index (Phi) is 3.05. The molecule has 0 aromatic carbocycles. The number of nitrogens with two attached hydrogens (primary N) is 1. The van der Waals surface area contributed by atoms with Gasteiger partial charge in [-0.3, -0.25) is 4.79 Å². The zero-order valence-corrected chi connectivity index (χ0v) is 10.8. The number of carbonyl (C=O) groups excluding carboxylic acids is 1. The molecule has 0 saturated carbocycles. The number of rotatable bonds is 2. The van der Waals surface area contributed by atoms with E-state index in [0.29, 0.717) is 24.6 Å². The third-order valence-corrected chi connectivity index (χ3v) is 3.23. The maximum atomic E-state index is 11.9. The van der Waals surface area contributed by atoms with E-state index in [-0.39, 0.29) is 11.6 Å². The lowest BCUT2D eigenvalue weighted by Gasteiger charge is -2.42. The van der Waals surface area contributed by atoms with Gasteiger partial charge >= 0.3 is 5.97 Å². The van der Waals surface area contributed by atoms with Crippen molar-refractivity contribution in [2.24, 2.45) is 0 Å². The number of piperazine rings is 1. The first-order valence-electron chi connectivity index (χ1n) is 5.90. The number of carboxylic acids is 1. The molecule has 7 heteroatoms. The quantitative estimate of drug-likeness (QED) is 0.698. The first-order valence-corrected chi connectivity index (χ1v) is 5.90. The van der Waals surface area contributed by atoms with Gasteiger partial charge in [0.2, 0.25) is 5.91 Å². The third-order valence-electron chi connectivity index (χ3n) is 3.23. The number of nitrogen functional groups attached to an aromatic ring is 1. The van der Waals surface area contributed by atoms with E-state index in [9.17, 15) is 9.59 Å². The van der Waals surface area contributed by atoms with Gasteiger partial charge in [-0.2, -0.15) is 0 Å². The van der Waals surface area contributed by atoms with E-state index >= 15 is 0 Å². The number of carbonyl (C=O) groups is 2. The van der Waals surface area contributed by atoms with Gasteiger partial charge in [-0.05, 0) is 26.0 Å². The number of hydrogen-bond donors (Lipinski definition) is 3. The normalized spacial score (nSPS) is 18.0. The number of nitrogens with one attached hydrogen (secondary N) is 1. The summed E-state index contributed by atoms with van der Waals surface area (Å²) in [5.74, 6) is -0.930. The van der Waals surface area contributed by atoms with Crippen molar-refractivity contribution in [2.45, 2.75) is 19.4 Å². The Morgan fingerprint density at radius 2 is 2.21 bits per heavy atom. The van der Waals surface area contributed by atoms with Crippen LogP contribution in [0, 0.1) is 0 Å². The van der Waals surface area contributed by atoms with Gasteiger partial charge < -0.3 is 21.1 Å². The van der Waals surface area contributed by atoms with E-state index in [1.807, 2.05) is 0 Å². The molecule has 1 amide bonds. The topological polar surface area (TPSA) is 109 Å². The lowest BCUT2D eigenvalue weighted by Crippen LogP contribution is -2.62. The minimum absolute atomic E-state index is 0.0917. The molecular weight excluding hydrogens is 248 g/mol. The molecule has 2 heterocycles. The molecule has 1 fully saturated rings. The van der Waals surface area contributed by atoms with Crippen LogP contribution in [0.4, 0.5) is 11.5 Å². The fraction of sp³-hybridized carbons (Fsp3) is 0.417. The van der Waals surface area contributed by atoms with Gasteiger partial charge in [-0.15, -0.1) is 0 Å². The molecule has 4 N–H and O–H groups in total. The predicted octanol–water partition coefficient (Wildman–Crippen LogP) is 0.0768. The second-order valence-electron chi connectivity index (χ2n) is 4.88. The van der Waals surface area contributed by atoms with Crippen LogP contribution < -0.4 is 16.0 Å². The van der Waals surface area contributed by atoms with Crippen molar-refractivity contribution in [3.63, 3.8) is 0 Å². The maximum absolute atomic E-state index is 11.9. The van der Waals surface area contributed by atoms with Crippen molar-refractivity contribution in [2.75, 3.05) is 23.7 Å². The van der Waals surface area contributed by atoms with Gasteiger partial charge in [0.25, 0.3) is 0 Å². The summed E-state index contributed by atoms with van der Waals surface area (Å²) in [5, 5.41) is 11.7.